The summed E-state index contributed by atoms with van der Waals surface area (Å²) in [6, 6.07) is 0. The summed E-state index contributed by atoms with van der Waals surface area (Å²) < 4.78 is 6.69. The Morgan fingerprint density at radius 2 is 1.33 bits per heavy atom. The summed E-state index contributed by atoms with van der Waals surface area (Å²) in [5.41, 5.74) is 3.45. The summed E-state index contributed by atoms with van der Waals surface area (Å²) in [6.45, 7) is 20.6. The highest BCUT2D eigenvalue weighted by atomic mass is 28.4. The Bertz CT molecular complexity index is 244. The van der Waals surface area contributed by atoms with Crippen molar-refractivity contribution < 1.29 is 4.43 Å². The zero-order valence-electron chi connectivity index (χ0n) is 14.0. The van der Waals surface area contributed by atoms with Crippen LogP contribution in [0, 0.1) is 0 Å². The van der Waals surface area contributed by atoms with Crippen LogP contribution in [0.1, 0.15) is 68.7 Å². The Kier molecular flexibility index (Phi) is 7.46. The lowest BCUT2D eigenvalue weighted by atomic mass is 10.1. The Labute approximate surface area is 116 Å². The molecule has 0 heterocycles. The average Bonchev–Trinajstić information content (AvgIpc) is 2.23. The standard InChI is InChI=1S/C16H34OSi/c1-10-15(8)11-16(9)17-18(12(2)3,13(4)5)14(6)7/h10,12-14,16H,11H2,1-9H3/b15-10+. The quantitative estimate of drug-likeness (QED) is 0.412. The molecule has 0 spiro atoms. The lowest BCUT2D eigenvalue weighted by molar-refractivity contribution is 0.191. The van der Waals surface area contributed by atoms with Crippen LogP contribution in [0.5, 0.6) is 0 Å². The molecule has 1 unspecified atom stereocenters. The summed E-state index contributed by atoms with van der Waals surface area (Å²) in [4.78, 5) is 0. The van der Waals surface area contributed by atoms with Gasteiger partial charge in [-0.25, -0.2) is 0 Å². The van der Waals surface area contributed by atoms with E-state index in [2.05, 4.69) is 68.4 Å². The first-order chi connectivity index (χ1) is 8.18. The Balaban J connectivity index is 5.01. The molecule has 0 N–H and O–H groups in total. The first-order valence-electron chi connectivity index (χ1n) is 7.48. The highest BCUT2D eigenvalue weighted by Crippen LogP contribution is 2.43. The van der Waals surface area contributed by atoms with Crippen molar-refractivity contribution in [3.8, 4) is 0 Å². The molecule has 1 nitrogen and oxygen atoms in total. The van der Waals surface area contributed by atoms with E-state index in [9.17, 15) is 0 Å². The minimum atomic E-state index is -1.70. The Morgan fingerprint density at radius 3 is 1.61 bits per heavy atom. The Hall–Kier alpha value is -0.0831. The lowest BCUT2D eigenvalue weighted by Gasteiger charge is -2.44. The molecule has 0 aliphatic carbocycles. The van der Waals surface area contributed by atoms with Gasteiger partial charge in [-0.1, -0.05) is 53.2 Å². The zero-order valence-corrected chi connectivity index (χ0v) is 15.0. The molecule has 0 fully saturated rings. The van der Waals surface area contributed by atoms with E-state index < -0.39 is 8.32 Å². The van der Waals surface area contributed by atoms with Crippen LogP contribution in [-0.4, -0.2) is 14.4 Å². The molecule has 0 aromatic carbocycles. The third-order valence-electron chi connectivity index (χ3n) is 4.21. The maximum atomic E-state index is 6.69. The molecular formula is C16H34OSi. The summed E-state index contributed by atoms with van der Waals surface area (Å²) >= 11 is 0. The number of hydrogen-bond donors (Lipinski definition) is 0. The van der Waals surface area contributed by atoms with E-state index in [0.717, 1.165) is 6.42 Å². The van der Waals surface area contributed by atoms with Crippen molar-refractivity contribution in [2.45, 2.75) is 91.5 Å². The fraction of sp³-hybridized carbons (Fsp3) is 0.875. The molecule has 2 heteroatoms. The second-order valence-electron chi connectivity index (χ2n) is 6.59. The molecule has 18 heavy (non-hydrogen) atoms. The van der Waals surface area contributed by atoms with Crippen molar-refractivity contribution in [2.75, 3.05) is 0 Å². The van der Waals surface area contributed by atoms with Crippen LogP contribution >= 0.6 is 0 Å². The Morgan fingerprint density at radius 1 is 0.944 bits per heavy atom. The van der Waals surface area contributed by atoms with Crippen LogP contribution in [0.15, 0.2) is 11.6 Å². The molecular weight excluding hydrogens is 236 g/mol. The van der Waals surface area contributed by atoms with E-state index in [1.807, 2.05) is 0 Å². The molecule has 0 saturated carbocycles. The van der Waals surface area contributed by atoms with Crippen LogP contribution in [0.25, 0.3) is 0 Å². The third kappa shape index (κ3) is 4.24. The largest absolute Gasteiger partial charge is 0.413 e. The van der Waals surface area contributed by atoms with Gasteiger partial charge in [0.15, 0.2) is 0 Å². The van der Waals surface area contributed by atoms with Crippen molar-refractivity contribution in [3.05, 3.63) is 11.6 Å². The second-order valence-corrected chi connectivity index (χ2v) is 12.0. The maximum absolute atomic E-state index is 6.69. The number of rotatable bonds is 7. The van der Waals surface area contributed by atoms with Gasteiger partial charge in [0.25, 0.3) is 0 Å². The van der Waals surface area contributed by atoms with Crippen LogP contribution in [0.3, 0.4) is 0 Å². The summed E-state index contributed by atoms with van der Waals surface area (Å²) in [7, 11) is -1.70. The van der Waals surface area contributed by atoms with Crippen LogP contribution in [0.4, 0.5) is 0 Å². The molecule has 0 aromatic heterocycles. The van der Waals surface area contributed by atoms with E-state index in [0.29, 0.717) is 22.7 Å². The van der Waals surface area contributed by atoms with Gasteiger partial charge in [-0.3, -0.25) is 0 Å². The van der Waals surface area contributed by atoms with Crippen molar-refractivity contribution in [3.63, 3.8) is 0 Å². The van der Waals surface area contributed by atoms with E-state index in [1.54, 1.807) is 0 Å². The molecule has 0 aliphatic heterocycles. The van der Waals surface area contributed by atoms with Gasteiger partial charge in [0, 0.05) is 6.10 Å². The highest BCUT2D eigenvalue weighted by Gasteiger charge is 2.45. The molecule has 0 saturated heterocycles. The van der Waals surface area contributed by atoms with Gasteiger partial charge in [-0.05, 0) is 43.8 Å². The van der Waals surface area contributed by atoms with Gasteiger partial charge in [0.05, 0.1) is 0 Å². The molecule has 0 bridgehead atoms. The fourth-order valence-corrected chi connectivity index (χ4v) is 8.97. The maximum Gasteiger partial charge on any atom is 0.200 e. The van der Waals surface area contributed by atoms with E-state index in [4.69, 9.17) is 4.43 Å². The van der Waals surface area contributed by atoms with Crippen molar-refractivity contribution in [1.82, 2.24) is 0 Å². The number of hydrogen-bond acceptors (Lipinski definition) is 1. The predicted molar refractivity (Wildman–Crippen MR) is 85.6 cm³/mol. The van der Waals surface area contributed by atoms with Crippen molar-refractivity contribution in [1.29, 1.82) is 0 Å². The van der Waals surface area contributed by atoms with Crippen molar-refractivity contribution >= 4 is 8.32 Å². The topological polar surface area (TPSA) is 9.23 Å². The summed E-state index contributed by atoms with van der Waals surface area (Å²) in [5.74, 6) is 0. The number of allylic oxidation sites excluding steroid dienone is 1. The average molecular weight is 271 g/mol. The van der Waals surface area contributed by atoms with Crippen LogP contribution in [0.2, 0.25) is 16.6 Å². The molecule has 0 radical (unpaired) electrons. The lowest BCUT2D eigenvalue weighted by Crippen LogP contribution is -2.49. The van der Waals surface area contributed by atoms with Gasteiger partial charge in [0.2, 0.25) is 8.32 Å². The van der Waals surface area contributed by atoms with Gasteiger partial charge in [-0.2, -0.15) is 0 Å². The molecule has 0 rings (SSSR count). The van der Waals surface area contributed by atoms with Gasteiger partial charge in [-0.15, -0.1) is 0 Å². The molecule has 0 aromatic rings. The second kappa shape index (κ2) is 7.49. The fourth-order valence-electron chi connectivity index (χ4n) is 3.37. The first-order valence-corrected chi connectivity index (χ1v) is 9.62. The van der Waals surface area contributed by atoms with E-state index in [-0.39, 0.29) is 0 Å². The third-order valence-corrected chi connectivity index (χ3v) is 10.4. The van der Waals surface area contributed by atoms with E-state index >= 15 is 0 Å². The minimum absolute atomic E-state index is 0.347. The normalized spacial score (nSPS) is 15.9. The first kappa shape index (κ1) is 17.9. The van der Waals surface area contributed by atoms with Gasteiger partial charge in [0.1, 0.15) is 0 Å². The molecule has 108 valence electrons. The monoisotopic (exact) mass is 270 g/mol. The molecule has 1 atom stereocenters. The predicted octanol–water partition coefficient (Wildman–Crippen LogP) is 5.92. The van der Waals surface area contributed by atoms with Gasteiger partial charge < -0.3 is 4.43 Å². The summed E-state index contributed by atoms with van der Waals surface area (Å²) in [6.07, 6.45) is 3.61. The SMILES string of the molecule is C/C=C(\C)CC(C)O[Si](C(C)C)(C(C)C)C(C)C. The molecule has 0 amide bonds. The van der Waals surface area contributed by atoms with Crippen LogP contribution in [-0.2, 0) is 4.43 Å². The van der Waals surface area contributed by atoms with Crippen molar-refractivity contribution in [2.24, 2.45) is 0 Å². The van der Waals surface area contributed by atoms with Crippen LogP contribution < -0.4 is 0 Å². The van der Waals surface area contributed by atoms with Gasteiger partial charge >= 0.3 is 0 Å². The highest BCUT2D eigenvalue weighted by molar-refractivity contribution is 6.77. The minimum Gasteiger partial charge on any atom is -0.413 e. The zero-order chi connectivity index (χ0) is 14.5. The smallest absolute Gasteiger partial charge is 0.200 e. The van der Waals surface area contributed by atoms with E-state index in [1.165, 1.54) is 5.57 Å². The molecule has 0 aliphatic rings. The summed E-state index contributed by atoms with van der Waals surface area (Å²) in [5, 5.41) is 0.